The summed E-state index contributed by atoms with van der Waals surface area (Å²) in [5.41, 5.74) is 0.583. The van der Waals surface area contributed by atoms with Gasteiger partial charge in [0.05, 0.1) is 0 Å². The lowest BCUT2D eigenvalue weighted by Gasteiger charge is -2.14. The Hall–Kier alpha value is -0.760. The monoisotopic (exact) mass is 157 g/mol. The summed E-state index contributed by atoms with van der Waals surface area (Å²) in [6.07, 6.45) is 5.34. The molecule has 0 fully saturated rings. The van der Waals surface area contributed by atoms with Crippen molar-refractivity contribution < 1.29 is 4.79 Å². The van der Waals surface area contributed by atoms with Gasteiger partial charge in [0.25, 0.3) is 5.24 Å². The quantitative estimate of drug-likeness (QED) is 0.532. The van der Waals surface area contributed by atoms with Crippen LogP contribution in [0.4, 0.5) is 0 Å². The fraction of sp³-hybridized carbons (Fsp3) is 0.286. The summed E-state index contributed by atoms with van der Waals surface area (Å²) in [6, 6.07) is 0. The maximum atomic E-state index is 10.5. The molecule has 0 aromatic heterocycles. The van der Waals surface area contributed by atoms with Crippen LogP contribution in [0.25, 0.3) is 0 Å². The summed E-state index contributed by atoms with van der Waals surface area (Å²) < 4.78 is 0. The zero-order valence-electron chi connectivity index (χ0n) is 5.67. The smallest absolute Gasteiger partial charge is 0.252 e. The Kier molecular flexibility index (Phi) is 2.12. The predicted molar refractivity (Wildman–Crippen MR) is 40.7 cm³/mol. The third-order valence-corrected chi connectivity index (χ3v) is 1.55. The van der Waals surface area contributed by atoms with E-state index in [1.54, 1.807) is 12.2 Å². The molecule has 2 nitrogen and oxygen atoms in total. The molecule has 1 aliphatic rings. The molecule has 0 atom stereocenters. The molecule has 0 aromatic rings. The average molecular weight is 158 g/mol. The second-order valence-electron chi connectivity index (χ2n) is 2.19. The van der Waals surface area contributed by atoms with Gasteiger partial charge in [0, 0.05) is 19.2 Å². The summed E-state index contributed by atoms with van der Waals surface area (Å²) in [6.45, 7) is 0.754. The first kappa shape index (κ1) is 7.35. The van der Waals surface area contributed by atoms with Crippen LogP contribution in [0.3, 0.4) is 0 Å². The van der Waals surface area contributed by atoms with Crippen molar-refractivity contribution in [1.29, 1.82) is 0 Å². The molecule has 1 heterocycles. The molecule has 0 N–H and O–H groups in total. The molecule has 0 aliphatic carbocycles. The lowest BCUT2D eigenvalue weighted by atomic mass is 10.2. The van der Waals surface area contributed by atoms with E-state index in [0.717, 1.165) is 6.54 Å². The number of allylic oxidation sites excluding steroid dienone is 2. The Morgan fingerprint density at radius 3 is 2.90 bits per heavy atom. The fourth-order valence-corrected chi connectivity index (χ4v) is 0.865. The normalized spacial score (nSPS) is 17.0. The molecular formula is C7H8ClNO. The molecule has 0 radical (unpaired) electrons. The number of carbonyl (C=O) groups is 1. The van der Waals surface area contributed by atoms with Crippen molar-refractivity contribution >= 4 is 16.8 Å². The first-order valence-corrected chi connectivity index (χ1v) is 3.36. The summed E-state index contributed by atoms with van der Waals surface area (Å²) in [5.74, 6) is 0. The van der Waals surface area contributed by atoms with Gasteiger partial charge >= 0.3 is 0 Å². The van der Waals surface area contributed by atoms with Crippen molar-refractivity contribution in [3.05, 3.63) is 23.9 Å². The van der Waals surface area contributed by atoms with E-state index in [1.165, 1.54) is 0 Å². The predicted octanol–water partition coefficient (Wildman–Crippen LogP) is 1.14. The lowest BCUT2D eigenvalue weighted by molar-refractivity contribution is -0.108. The standard InChI is InChI=1S/C7H8ClNO/c1-9-4-2-6(3-5-9)7(8)10/h2-4H,5H2,1H3. The number of halogens is 1. The van der Waals surface area contributed by atoms with Gasteiger partial charge in [-0.2, -0.15) is 0 Å². The highest BCUT2D eigenvalue weighted by Crippen LogP contribution is 2.07. The fourth-order valence-electron chi connectivity index (χ4n) is 0.725. The Bertz CT molecular complexity index is 208. The highest BCUT2D eigenvalue weighted by molar-refractivity contribution is 6.68. The zero-order chi connectivity index (χ0) is 7.56. The van der Waals surface area contributed by atoms with Crippen LogP contribution in [0, 0.1) is 0 Å². The third kappa shape index (κ3) is 1.61. The van der Waals surface area contributed by atoms with Gasteiger partial charge in [-0.15, -0.1) is 0 Å². The number of rotatable bonds is 1. The Balaban J connectivity index is 2.67. The maximum absolute atomic E-state index is 10.5. The first-order chi connectivity index (χ1) is 4.70. The van der Waals surface area contributed by atoms with Crippen LogP contribution in [-0.2, 0) is 4.79 Å². The van der Waals surface area contributed by atoms with Crippen LogP contribution >= 0.6 is 11.6 Å². The van der Waals surface area contributed by atoms with Crippen molar-refractivity contribution in [3.8, 4) is 0 Å². The van der Waals surface area contributed by atoms with Gasteiger partial charge in [0.15, 0.2) is 0 Å². The minimum absolute atomic E-state index is 0.385. The Labute approximate surface area is 64.8 Å². The van der Waals surface area contributed by atoms with E-state index in [4.69, 9.17) is 11.6 Å². The molecule has 0 spiro atoms. The van der Waals surface area contributed by atoms with E-state index in [0.29, 0.717) is 5.57 Å². The first-order valence-electron chi connectivity index (χ1n) is 2.98. The molecule has 1 rings (SSSR count). The van der Waals surface area contributed by atoms with Crippen LogP contribution in [0.1, 0.15) is 0 Å². The number of hydrogen-bond acceptors (Lipinski definition) is 2. The molecular weight excluding hydrogens is 150 g/mol. The van der Waals surface area contributed by atoms with E-state index < -0.39 is 0 Å². The van der Waals surface area contributed by atoms with Crippen molar-refractivity contribution in [3.63, 3.8) is 0 Å². The minimum Gasteiger partial charge on any atom is -0.377 e. The van der Waals surface area contributed by atoms with Crippen molar-refractivity contribution in [2.24, 2.45) is 0 Å². The van der Waals surface area contributed by atoms with Crippen molar-refractivity contribution in [2.45, 2.75) is 0 Å². The number of nitrogens with zero attached hydrogens (tertiary/aromatic N) is 1. The van der Waals surface area contributed by atoms with Crippen LogP contribution < -0.4 is 0 Å². The van der Waals surface area contributed by atoms with Gasteiger partial charge in [-0.25, -0.2) is 0 Å². The second kappa shape index (κ2) is 2.88. The summed E-state index contributed by atoms with van der Waals surface area (Å²) in [7, 11) is 1.93. The molecule has 1 aliphatic heterocycles. The Morgan fingerprint density at radius 1 is 1.80 bits per heavy atom. The van der Waals surface area contributed by atoms with Gasteiger partial charge in [0.2, 0.25) is 0 Å². The molecule has 0 bridgehead atoms. The van der Waals surface area contributed by atoms with Gasteiger partial charge in [0.1, 0.15) is 0 Å². The molecule has 54 valence electrons. The second-order valence-corrected chi connectivity index (χ2v) is 2.53. The summed E-state index contributed by atoms with van der Waals surface area (Å²) in [5, 5.41) is -0.385. The van der Waals surface area contributed by atoms with E-state index in [2.05, 4.69) is 0 Å². The third-order valence-electron chi connectivity index (χ3n) is 1.33. The van der Waals surface area contributed by atoms with Crippen LogP contribution in [0.15, 0.2) is 23.9 Å². The van der Waals surface area contributed by atoms with Crippen LogP contribution in [-0.4, -0.2) is 23.7 Å². The highest BCUT2D eigenvalue weighted by atomic mass is 35.5. The van der Waals surface area contributed by atoms with E-state index in [-0.39, 0.29) is 5.24 Å². The average Bonchev–Trinajstić information content (AvgIpc) is 1.88. The van der Waals surface area contributed by atoms with Gasteiger partial charge in [-0.3, -0.25) is 4.79 Å². The van der Waals surface area contributed by atoms with Crippen molar-refractivity contribution in [2.75, 3.05) is 13.6 Å². The van der Waals surface area contributed by atoms with Crippen LogP contribution in [0.5, 0.6) is 0 Å². The SMILES string of the molecule is CN1C=CC(C(=O)Cl)=CC1. The largest absolute Gasteiger partial charge is 0.377 e. The topological polar surface area (TPSA) is 20.3 Å². The summed E-state index contributed by atoms with van der Waals surface area (Å²) >= 11 is 5.23. The Morgan fingerprint density at radius 2 is 2.50 bits per heavy atom. The van der Waals surface area contributed by atoms with Crippen LogP contribution in [0.2, 0.25) is 0 Å². The number of hydrogen-bond donors (Lipinski definition) is 0. The lowest BCUT2D eigenvalue weighted by Crippen LogP contribution is -2.14. The number of carbonyl (C=O) groups excluding carboxylic acids is 1. The minimum atomic E-state index is -0.385. The molecule has 0 unspecified atom stereocenters. The maximum Gasteiger partial charge on any atom is 0.252 e. The molecule has 0 amide bonds. The summed E-state index contributed by atoms with van der Waals surface area (Å²) in [4.78, 5) is 12.5. The highest BCUT2D eigenvalue weighted by Gasteiger charge is 2.05. The van der Waals surface area contributed by atoms with E-state index in [1.807, 2.05) is 18.1 Å². The zero-order valence-corrected chi connectivity index (χ0v) is 6.43. The number of likely N-dealkylation sites (N-methyl/N-ethyl adjacent to an activating group) is 1. The molecule has 10 heavy (non-hydrogen) atoms. The van der Waals surface area contributed by atoms with Gasteiger partial charge in [-0.05, 0) is 23.9 Å². The van der Waals surface area contributed by atoms with E-state index >= 15 is 0 Å². The van der Waals surface area contributed by atoms with Gasteiger partial charge < -0.3 is 4.90 Å². The van der Waals surface area contributed by atoms with Gasteiger partial charge in [-0.1, -0.05) is 6.08 Å². The van der Waals surface area contributed by atoms with E-state index in [9.17, 15) is 4.79 Å². The molecule has 0 aromatic carbocycles. The molecule has 0 saturated carbocycles. The molecule has 0 saturated heterocycles. The molecule has 3 heteroatoms. The van der Waals surface area contributed by atoms with Crippen molar-refractivity contribution in [1.82, 2.24) is 4.90 Å².